The summed E-state index contributed by atoms with van der Waals surface area (Å²) in [6, 6.07) is 12.0. The average Bonchev–Trinajstić information content (AvgIpc) is 2.94. The highest BCUT2D eigenvalue weighted by Gasteiger charge is 2.51. The van der Waals surface area contributed by atoms with Crippen molar-refractivity contribution in [3.63, 3.8) is 0 Å². The van der Waals surface area contributed by atoms with Crippen molar-refractivity contribution in [2.45, 2.75) is 38.6 Å². The van der Waals surface area contributed by atoms with Crippen molar-refractivity contribution in [3.8, 4) is 6.07 Å². The molecule has 1 aliphatic rings. The van der Waals surface area contributed by atoms with Gasteiger partial charge >= 0.3 is 5.97 Å². The zero-order valence-corrected chi connectivity index (χ0v) is 19.4. The van der Waals surface area contributed by atoms with Crippen molar-refractivity contribution in [1.29, 1.82) is 5.26 Å². The molecule has 0 aromatic heterocycles. The Kier molecular flexibility index (Phi) is 6.82. The summed E-state index contributed by atoms with van der Waals surface area (Å²) in [5.74, 6) is -1.54. The van der Waals surface area contributed by atoms with Crippen molar-refractivity contribution in [2.75, 3.05) is 16.9 Å². The van der Waals surface area contributed by atoms with E-state index >= 15 is 0 Å². The van der Waals surface area contributed by atoms with Crippen LogP contribution < -0.4 is 9.80 Å². The van der Waals surface area contributed by atoms with E-state index in [-0.39, 0.29) is 27.4 Å². The zero-order valence-electron chi connectivity index (χ0n) is 17.8. The first kappa shape index (κ1) is 23.6. The lowest BCUT2D eigenvalue weighted by molar-refractivity contribution is -0.140. The van der Waals surface area contributed by atoms with Gasteiger partial charge in [-0.25, -0.2) is 4.39 Å². The Morgan fingerprint density at radius 2 is 1.91 bits per heavy atom. The second-order valence-electron chi connectivity index (χ2n) is 7.79. The topological polar surface area (TPSA) is 73.6 Å². The standard InChI is InChI=1S/C23H21ClFN3O3S/c1-23(2)21(30)27(17-12-9-15(13-26)19(24)20(17)25)22(32)28(23)16-10-7-14(8-11-16)5-4-6-18(29)31-3/h7-12H,4-6H2,1-3H3. The van der Waals surface area contributed by atoms with Crippen LogP contribution >= 0.6 is 23.8 Å². The van der Waals surface area contributed by atoms with Crippen LogP contribution in [0.25, 0.3) is 0 Å². The Bertz CT molecular complexity index is 1130. The first-order valence-corrected chi connectivity index (χ1v) is 10.6. The van der Waals surface area contributed by atoms with E-state index in [0.717, 1.165) is 10.5 Å². The number of hydrogen-bond donors (Lipinski definition) is 0. The number of esters is 1. The van der Waals surface area contributed by atoms with Gasteiger partial charge in [0.2, 0.25) is 0 Å². The third-order valence-electron chi connectivity index (χ3n) is 5.36. The lowest BCUT2D eigenvalue weighted by Gasteiger charge is -2.29. The molecule has 0 aliphatic carbocycles. The summed E-state index contributed by atoms with van der Waals surface area (Å²) in [6.07, 6.45) is 1.69. The van der Waals surface area contributed by atoms with Gasteiger partial charge in [0, 0.05) is 12.1 Å². The lowest BCUT2D eigenvalue weighted by Crippen LogP contribution is -2.44. The van der Waals surface area contributed by atoms with Crippen molar-refractivity contribution < 1.29 is 18.7 Å². The molecule has 1 saturated heterocycles. The lowest BCUT2D eigenvalue weighted by atomic mass is 10.0. The molecule has 1 aliphatic heterocycles. The summed E-state index contributed by atoms with van der Waals surface area (Å²) in [4.78, 5) is 27.3. The Balaban J connectivity index is 1.88. The van der Waals surface area contributed by atoms with Crippen molar-refractivity contribution >= 4 is 52.2 Å². The fourth-order valence-electron chi connectivity index (χ4n) is 3.59. The number of carbonyl (C=O) groups excluding carboxylic acids is 2. The maximum atomic E-state index is 14.9. The summed E-state index contributed by atoms with van der Waals surface area (Å²) in [5, 5.41) is 8.81. The molecule has 2 aromatic rings. The molecule has 9 heteroatoms. The molecule has 0 spiro atoms. The number of amides is 1. The van der Waals surface area contributed by atoms with Crippen molar-refractivity contribution in [1.82, 2.24) is 0 Å². The molecule has 1 heterocycles. The van der Waals surface area contributed by atoms with Gasteiger partial charge in [-0.1, -0.05) is 23.7 Å². The second kappa shape index (κ2) is 9.23. The summed E-state index contributed by atoms with van der Waals surface area (Å²) in [5.41, 5.74) is 0.501. The number of nitrogens with zero attached hydrogens (tertiary/aromatic N) is 3. The van der Waals surface area contributed by atoms with E-state index in [4.69, 9.17) is 29.1 Å². The minimum Gasteiger partial charge on any atom is -0.469 e. The molecule has 0 atom stereocenters. The van der Waals surface area contributed by atoms with Gasteiger partial charge in [0.1, 0.15) is 11.6 Å². The largest absolute Gasteiger partial charge is 0.469 e. The van der Waals surface area contributed by atoms with E-state index in [0.29, 0.717) is 24.9 Å². The van der Waals surface area contributed by atoms with E-state index in [1.165, 1.54) is 19.2 Å². The zero-order chi connectivity index (χ0) is 23.6. The Hall–Kier alpha value is -3.02. The number of ether oxygens (including phenoxy) is 1. The predicted octanol–water partition coefficient (Wildman–Crippen LogP) is 4.76. The fraction of sp³-hybridized carbons (Fsp3) is 0.304. The molecule has 0 saturated carbocycles. The number of benzene rings is 2. The number of thiocarbonyl (C=S) groups is 1. The highest BCUT2D eigenvalue weighted by Crippen LogP contribution is 2.39. The Morgan fingerprint density at radius 3 is 2.50 bits per heavy atom. The number of methoxy groups -OCH3 is 1. The molecular formula is C23H21ClFN3O3S. The van der Waals surface area contributed by atoms with Gasteiger partial charge in [-0.3, -0.25) is 14.5 Å². The molecule has 166 valence electrons. The first-order valence-electron chi connectivity index (χ1n) is 9.86. The number of hydrogen-bond acceptors (Lipinski definition) is 5. The van der Waals surface area contributed by atoms with Crippen molar-refractivity contribution in [2.24, 2.45) is 0 Å². The number of aryl methyl sites for hydroxylation is 1. The second-order valence-corrected chi connectivity index (χ2v) is 8.53. The summed E-state index contributed by atoms with van der Waals surface area (Å²) in [6.45, 7) is 3.41. The van der Waals surface area contributed by atoms with E-state index in [9.17, 15) is 14.0 Å². The van der Waals surface area contributed by atoms with Crippen LogP contribution in [-0.2, 0) is 20.7 Å². The van der Waals surface area contributed by atoms with Gasteiger partial charge in [-0.15, -0.1) is 0 Å². The molecule has 2 aromatic carbocycles. The van der Waals surface area contributed by atoms with Crippen LogP contribution in [0.5, 0.6) is 0 Å². The Labute approximate surface area is 196 Å². The van der Waals surface area contributed by atoms with Crippen LogP contribution in [0.3, 0.4) is 0 Å². The molecule has 32 heavy (non-hydrogen) atoms. The highest BCUT2D eigenvalue weighted by molar-refractivity contribution is 7.81. The minimum atomic E-state index is -1.07. The van der Waals surface area contributed by atoms with Crippen LogP contribution in [0.2, 0.25) is 5.02 Å². The summed E-state index contributed by atoms with van der Waals surface area (Å²) in [7, 11) is 1.36. The summed E-state index contributed by atoms with van der Waals surface area (Å²) < 4.78 is 19.5. The Morgan fingerprint density at radius 1 is 1.25 bits per heavy atom. The maximum Gasteiger partial charge on any atom is 0.305 e. The van der Waals surface area contributed by atoms with E-state index in [2.05, 4.69) is 4.74 Å². The molecule has 1 amide bonds. The fourth-order valence-corrected chi connectivity index (χ4v) is 4.31. The summed E-state index contributed by atoms with van der Waals surface area (Å²) >= 11 is 11.5. The van der Waals surface area contributed by atoms with Crippen molar-refractivity contribution in [3.05, 3.63) is 58.4 Å². The molecule has 0 unspecified atom stereocenters. The predicted molar refractivity (Wildman–Crippen MR) is 124 cm³/mol. The van der Waals surface area contributed by atoms with Gasteiger partial charge in [0.05, 0.1) is 23.4 Å². The molecule has 3 rings (SSSR count). The number of carbonyl (C=O) groups is 2. The third-order valence-corrected chi connectivity index (χ3v) is 6.09. The van der Waals surface area contributed by atoms with Crippen LogP contribution in [0.1, 0.15) is 37.8 Å². The third kappa shape index (κ3) is 4.18. The number of anilines is 2. The van der Waals surface area contributed by atoms with Gasteiger partial charge in [-0.05, 0) is 68.7 Å². The molecule has 1 fully saturated rings. The molecule has 0 radical (unpaired) electrons. The SMILES string of the molecule is COC(=O)CCCc1ccc(N2C(=S)N(c3ccc(C#N)c(Cl)c3F)C(=O)C2(C)C)cc1. The van der Waals surface area contributed by atoms with Gasteiger partial charge < -0.3 is 9.64 Å². The molecule has 0 N–H and O–H groups in total. The number of halogens is 2. The molecule has 6 nitrogen and oxygen atoms in total. The van der Waals surface area contributed by atoms with Crippen LogP contribution in [-0.4, -0.2) is 29.6 Å². The molecular weight excluding hydrogens is 453 g/mol. The monoisotopic (exact) mass is 473 g/mol. The number of rotatable bonds is 6. The maximum absolute atomic E-state index is 14.9. The minimum absolute atomic E-state index is 0.0237. The van der Waals surface area contributed by atoms with Gasteiger partial charge in [-0.2, -0.15) is 5.26 Å². The molecule has 0 bridgehead atoms. The van der Waals surface area contributed by atoms with Gasteiger partial charge in [0.25, 0.3) is 5.91 Å². The normalized spacial score (nSPS) is 15.1. The van der Waals surface area contributed by atoms with Crippen LogP contribution in [0, 0.1) is 17.1 Å². The van der Waals surface area contributed by atoms with E-state index < -0.39 is 17.3 Å². The average molecular weight is 474 g/mol. The highest BCUT2D eigenvalue weighted by atomic mass is 35.5. The van der Waals surface area contributed by atoms with E-state index in [1.807, 2.05) is 30.3 Å². The number of nitriles is 1. The first-order chi connectivity index (χ1) is 15.1. The van der Waals surface area contributed by atoms with E-state index in [1.54, 1.807) is 18.7 Å². The smallest absolute Gasteiger partial charge is 0.305 e. The van der Waals surface area contributed by atoms with Gasteiger partial charge in [0.15, 0.2) is 10.9 Å². The quantitative estimate of drug-likeness (QED) is 0.444. The van der Waals surface area contributed by atoms with Crippen LogP contribution in [0.4, 0.5) is 15.8 Å². The van der Waals surface area contributed by atoms with Crippen LogP contribution in [0.15, 0.2) is 36.4 Å².